The number of aryl methyl sites for hydroxylation is 2. The van der Waals surface area contributed by atoms with Crippen molar-refractivity contribution in [2.24, 2.45) is 0 Å². The zero-order valence-electron chi connectivity index (χ0n) is 11.7. The SMILES string of the molecule is COc1c(Cl)cc(NC(=O)Nc2c(C)n[nH]c2C)cc1Cl. The highest BCUT2D eigenvalue weighted by atomic mass is 35.5. The second-order valence-electron chi connectivity index (χ2n) is 4.36. The summed E-state index contributed by atoms with van der Waals surface area (Å²) >= 11 is 12.0. The first-order chi connectivity index (χ1) is 9.92. The van der Waals surface area contributed by atoms with Crippen LogP contribution in [0.4, 0.5) is 16.2 Å². The number of anilines is 2. The number of methoxy groups -OCH3 is 1. The quantitative estimate of drug-likeness (QED) is 0.797. The van der Waals surface area contributed by atoms with Gasteiger partial charge in [-0.2, -0.15) is 5.10 Å². The molecule has 2 amide bonds. The number of halogens is 2. The van der Waals surface area contributed by atoms with Crippen LogP contribution in [0.15, 0.2) is 12.1 Å². The minimum absolute atomic E-state index is 0.316. The zero-order chi connectivity index (χ0) is 15.6. The molecule has 8 heteroatoms. The van der Waals surface area contributed by atoms with Gasteiger partial charge in [0.05, 0.1) is 34.2 Å². The summed E-state index contributed by atoms with van der Waals surface area (Å²) < 4.78 is 5.05. The Labute approximate surface area is 131 Å². The van der Waals surface area contributed by atoms with Crippen LogP contribution in [0.3, 0.4) is 0 Å². The van der Waals surface area contributed by atoms with E-state index in [1.54, 1.807) is 19.1 Å². The van der Waals surface area contributed by atoms with Crippen LogP contribution in [0.2, 0.25) is 10.0 Å². The number of carbonyl (C=O) groups is 1. The van der Waals surface area contributed by atoms with Crippen LogP contribution in [0.1, 0.15) is 11.4 Å². The number of H-pyrrole nitrogens is 1. The average Bonchev–Trinajstić information content (AvgIpc) is 2.70. The van der Waals surface area contributed by atoms with Gasteiger partial charge in [-0.3, -0.25) is 5.10 Å². The van der Waals surface area contributed by atoms with Crippen molar-refractivity contribution in [1.29, 1.82) is 0 Å². The molecule has 0 aliphatic heterocycles. The van der Waals surface area contributed by atoms with E-state index in [1.165, 1.54) is 7.11 Å². The molecule has 1 heterocycles. The molecule has 0 atom stereocenters. The first-order valence-corrected chi connectivity index (χ1v) is 6.80. The zero-order valence-corrected chi connectivity index (χ0v) is 13.2. The molecule has 0 saturated heterocycles. The van der Waals surface area contributed by atoms with Gasteiger partial charge in [0.1, 0.15) is 0 Å². The average molecular weight is 329 g/mol. The molecule has 112 valence electrons. The lowest BCUT2D eigenvalue weighted by molar-refractivity contribution is 0.262. The third kappa shape index (κ3) is 3.40. The molecule has 0 spiro atoms. The highest BCUT2D eigenvalue weighted by Crippen LogP contribution is 2.35. The minimum Gasteiger partial charge on any atom is -0.494 e. The Bertz CT molecular complexity index is 642. The van der Waals surface area contributed by atoms with E-state index < -0.39 is 6.03 Å². The molecule has 0 aliphatic rings. The molecular formula is C13H14Cl2N4O2. The summed E-state index contributed by atoms with van der Waals surface area (Å²) in [5.41, 5.74) is 2.57. The molecule has 0 bridgehead atoms. The van der Waals surface area contributed by atoms with Gasteiger partial charge in [0, 0.05) is 5.69 Å². The van der Waals surface area contributed by atoms with E-state index in [0.29, 0.717) is 32.9 Å². The normalized spacial score (nSPS) is 10.3. The van der Waals surface area contributed by atoms with E-state index in [-0.39, 0.29) is 0 Å². The lowest BCUT2D eigenvalue weighted by Gasteiger charge is -2.11. The van der Waals surface area contributed by atoms with Crippen molar-refractivity contribution in [3.8, 4) is 5.75 Å². The molecule has 21 heavy (non-hydrogen) atoms. The van der Waals surface area contributed by atoms with Crippen molar-refractivity contribution in [2.45, 2.75) is 13.8 Å². The summed E-state index contributed by atoms with van der Waals surface area (Å²) in [6.45, 7) is 3.61. The van der Waals surface area contributed by atoms with Gasteiger partial charge in [-0.1, -0.05) is 23.2 Å². The number of rotatable bonds is 3. The van der Waals surface area contributed by atoms with Gasteiger partial charge in [0.25, 0.3) is 0 Å². The molecular weight excluding hydrogens is 315 g/mol. The van der Waals surface area contributed by atoms with E-state index in [4.69, 9.17) is 27.9 Å². The number of aromatic amines is 1. The third-order valence-corrected chi connectivity index (χ3v) is 3.39. The minimum atomic E-state index is -0.417. The fraction of sp³-hybridized carbons (Fsp3) is 0.231. The van der Waals surface area contributed by atoms with Crippen molar-refractivity contribution in [1.82, 2.24) is 10.2 Å². The number of carbonyl (C=O) groups excluding carboxylic acids is 1. The van der Waals surface area contributed by atoms with E-state index >= 15 is 0 Å². The first-order valence-electron chi connectivity index (χ1n) is 6.05. The standard InChI is InChI=1S/C13H14Cl2N4O2/c1-6-11(7(2)19-18-6)17-13(20)16-8-4-9(14)12(21-3)10(15)5-8/h4-5H,1-3H3,(H,18,19)(H2,16,17,20). The van der Waals surface area contributed by atoms with Gasteiger partial charge in [-0.15, -0.1) is 0 Å². The molecule has 0 saturated carbocycles. The lowest BCUT2D eigenvalue weighted by Crippen LogP contribution is -2.20. The second kappa shape index (κ2) is 6.24. The molecule has 6 nitrogen and oxygen atoms in total. The van der Waals surface area contributed by atoms with Gasteiger partial charge in [0.15, 0.2) is 5.75 Å². The van der Waals surface area contributed by atoms with Crippen molar-refractivity contribution in [3.05, 3.63) is 33.6 Å². The summed E-state index contributed by atoms with van der Waals surface area (Å²) in [7, 11) is 1.47. The predicted octanol–water partition coefficient (Wildman–Crippen LogP) is 3.99. The maximum Gasteiger partial charge on any atom is 0.323 e. The molecule has 0 unspecified atom stereocenters. The summed E-state index contributed by atoms with van der Waals surface area (Å²) in [5.74, 6) is 0.366. The maximum atomic E-state index is 12.0. The number of hydrogen-bond acceptors (Lipinski definition) is 3. The number of ether oxygens (including phenoxy) is 1. The summed E-state index contributed by atoms with van der Waals surface area (Å²) in [5, 5.41) is 12.8. The Morgan fingerprint density at radius 3 is 2.33 bits per heavy atom. The predicted molar refractivity (Wildman–Crippen MR) is 83.7 cm³/mol. The number of hydrogen-bond donors (Lipinski definition) is 3. The highest BCUT2D eigenvalue weighted by Gasteiger charge is 2.13. The van der Waals surface area contributed by atoms with Crippen LogP contribution in [-0.2, 0) is 0 Å². The fourth-order valence-electron chi connectivity index (χ4n) is 1.84. The Kier molecular flexibility index (Phi) is 4.59. The largest absolute Gasteiger partial charge is 0.494 e. The van der Waals surface area contributed by atoms with Crippen molar-refractivity contribution in [3.63, 3.8) is 0 Å². The van der Waals surface area contributed by atoms with Crippen LogP contribution in [0, 0.1) is 13.8 Å². The molecule has 3 N–H and O–H groups in total. The van der Waals surface area contributed by atoms with E-state index in [0.717, 1.165) is 5.69 Å². The van der Waals surface area contributed by atoms with Crippen LogP contribution < -0.4 is 15.4 Å². The smallest absolute Gasteiger partial charge is 0.323 e. The molecule has 0 fully saturated rings. The number of aromatic nitrogens is 2. The molecule has 2 rings (SSSR count). The summed E-state index contributed by atoms with van der Waals surface area (Å²) in [6, 6.07) is 2.70. The van der Waals surface area contributed by atoms with E-state index in [9.17, 15) is 4.79 Å². The summed E-state index contributed by atoms with van der Waals surface area (Å²) in [6.07, 6.45) is 0. The van der Waals surface area contributed by atoms with Gasteiger partial charge in [0.2, 0.25) is 0 Å². The number of amides is 2. The number of nitrogens with one attached hydrogen (secondary N) is 3. The van der Waals surface area contributed by atoms with Gasteiger partial charge in [-0.25, -0.2) is 4.79 Å². The fourth-order valence-corrected chi connectivity index (χ4v) is 2.48. The highest BCUT2D eigenvalue weighted by molar-refractivity contribution is 6.37. The molecule has 1 aromatic carbocycles. The maximum absolute atomic E-state index is 12.0. The molecule has 0 aliphatic carbocycles. The first kappa shape index (κ1) is 15.5. The van der Waals surface area contributed by atoms with E-state index in [1.807, 2.05) is 6.92 Å². The number of urea groups is 1. The number of nitrogens with zero attached hydrogens (tertiary/aromatic N) is 1. The van der Waals surface area contributed by atoms with Gasteiger partial charge >= 0.3 is 6.03 Å². The Hall–Kier alpha value is -1.92. The van der Waals surface area contributed by atoms with E-state index in [2.05, 4.69) is 20.8 Å². The van der Waals surface area contributed by atoms with Gasteiger partial charge in [-0.05, 0) is 26.0 Å². The Morgan fingerprint density at radius 1 is 1.24 bits per heavy atom. The third-order valence-electron chi connectivity index (χ3n) is 2.83. The van der Waals surface area contributed by atoms with Gasteiger partial charge < -0.3 is 15.4 Å². The van der Waals surface area contributed by atoms with Crippen molar-refractivity contribution >= 4 is 40.6 Å². The molecule has 1 aromatic heterocycles. The second-order valence-corrected chi connectivity index (χ2v) is 5.18. The van der Waals surface area contributed by atoms with Crippen LogP contribution in [-0.4, -0.2) is 23.3 Å². The molecule has 0 radical (unpaired) electrons. The van der Waals surface area contributed by atoms with Crippen LogP contribution in [0.5, 0.6) is 5.75 Å². The Morgan fingerprint density at radius 2 is 1.86 bits per heavy atom. The lowest BCUT2D eigenvalue weighted by atomic mass is 10.3. The van der Waals surface area contributed by atoms with Crippen molar-refractivity contribution < 1.29 is 9.53 Å². The van der Waals surface area contributed by atoms with Crippen molar-refractivity contribution in [2.75, 3.05) is 17.7 Å². The summed E-state index contributed by atoms with van der Waals surface area (Å²) in [4.78, 5) is 12.0. The Balaban J connectivity index is 2.13. The topological polar surface area (TPSA) is 79.0 Å². The van der Waals surface area contributed by atoms with Crippen LogP contribution >= 0.6 is 23.2 Å². The molecule has 2 aromatic rings. The van der Waals surface area contributed by atoms with Crippen LogP contribution in [0.25, 0.3) is 0 Å². The monoisotopic (exact) mass is 328 g/mol. The number of benzene rings is 1.